The molecule has 0 fully saturated rings. The van der Waals surface area contributed by atoms with Gasteiger partial charge < -0.3 is 14.2 Å². The molecule has 0 saturated heterocycles. The van der Waals surface area contributed by atoms with Gasteiger partial charge in [-0.25, -0.2) is 0 Å². The van der Waals surface area contributed by atoms with Gasteiger partial charge in [-0.1, -0.05) is 29.8 Å². The van der Waals surface area contributed by atoms with E-state index in [0.717, 1.165) is 30.8 Å². The van der Waals surface area contributed by atoms with Gasteiger partial charge >= 0.3 is 5.97 Å². The number of carbonyl (C=O) groups excluding carboxylic acids is 1. The van der Waals surface area contributed by atoms with Crippen LogP contribution in [0.4, 0.5) is 0 Å². The largest absolute Gasteiger partial charge is 0.493 e. The summed E-state index contributed by atoms with van der Waals surface area (Å²) < 4.78 is 15.9. The van der Waals surface area contributed by atoms with Crippen LogP contribution in [0, 0.1) is 6.92 Å². The van der Waals surface area contributed by atoms with Crippen molar-refractivity contribution in [3.05, 3.63) is 58.7 Å². The molecule has 0 N–H and O–H groups in total. The Kier molecular flexibility index (Phi) is 6.01. The van der Waals surface area contributed by atoms with E-state index in [2.05, 4.69) is 36.1 Å². The van der Waals surface area contributed by atoms with E-state index in [4.69, 9.17) is 14.2 Å². The summed E-state index contributed by atoms with van der Waals surface area (Å²) in [6.07, 6.45) is 1.21. The van der Waals surface area contributed by atoms with Crippen molar-refractivity contribution in [3.63, 3.8) is 0 Å². The SMILES string of the molecule is COC(=O)C[C@@H]1c2cc(OC)c(OC)cc2CCN1Cc1ccc(C)cc1. The fourth-order valence-electron chi connectivity index (χ4n) is 3.68. The molecule has 1 aliphatic heterocycles. The first-order valence-electron chi connectivity index (χ1n) is 9.17. The first-order valence-corrected chi connectivity index (χ1v) is 9.17. The van der Waals surface area contributed by atoms with E-state index in [9.17, 15) is 4.79 Å². The predicted octanol–water partition coefficient (Wildman–Crippen LogP) is 3.67. The van der Waals surface area contributed by atoms with Gasteiger partial charge in [0.1, 0.15) is 0 Å². The van der Waals surface area contributed by atoms with Crippen LogP contribution in [0.15, 0.2) is 36.4 Å². The minimum absolute atomic E-state index is 0.0534. The third-order valence-corrected chi connectivity index (χ3v) is 5.21. The minimum Gasteiger partial charge on any atom is -0.493 e. The highest BCUT2D eigenvalue weighted by Gasteiger charge is 2.31. The lowest BCUT2D eigenvalue weighted by atomic mass is 9.89. The highest BCUT2D eigenvalue weighted by atomic mass is 16.5. The van der Waals surface area contributed by atoms with Crippen LogP contribution in [-0.2, 0) is 22.5 Å². The summed E-state index contributed by atoms with van der Waals surface area (Å²) in [5.41, 5.74) is 4.78. The molecular weight excluding hydrogens is 342 g/mol. The minimum atomic E-state index is -0.212. The maximum Gasteiger partial charge on any atom is 0.307 e. The van der Waals surface area contributed by atoms with Crippen molar-refractivity contribution in [1.82, 2.24) is 4.90 Å². The number of hydrogen-bond donors (Lipinski definition) is 0. The van der Waals surface area contributed by atoms with Crippen LogP contribution in [0.3, 0.4) is 0 Å². The molecular formula is C22H27NO4. The van der Waals surface area contributed by atoms with Gasteiger partial charge in [-0.2, -0.15) is 0 Å². The second-order valence-corrected chi connectivity index (χ2v) is 6.91. The second-order valence-electron chi connectivity index (χ2n) is 6.91. The number of benzene rings is 2. The van der Waals surface area contributed by atoms with Gasteiger partial charge in [-0.05, 0) is 42.2 Å². The number of ether oxygens (including phenoxy) is 3. The number of hydrogen-bond acceptors (Lipinski definition) is 5. The molecule has 1 atom stereocenters. The van der Waals surface area contributed by atoms with E-state index in [0.29, 0.717) is 12.2 Å². The molecule has 3 rings (SSSR count). The molecule has 0 radical (unpaired) electrons. The molecule has 0 bridgehead atoms. The quantitative estimate of drug-likeness (QED) is 0.727. The summed E-state index contributed by atoms with van der Waals surface area (Å²) in [5.74, 6) is 1.19. The fraction of sp³-hybridized carbons (Fsp3) is 0.409. The molecule has 27 heavy (non-hydrogen) atoms. The Balaban J connectivity index is 1.95. The summed E-state index contributed by atoms with van der Waals surface area (Å²) in [5, 5.41) is 0. The molecule has 1 aliphatic rings. The Morgan fingerprint density at radius 3 is 2.37 bits per heavy atom. The van der Waals surface area contributed by atoms with Gasteiger partial charge in [0.2, 0.25) is 0 Å². The Morgan fingerprint density at radius 2 is 1.74 bits per heavy atom. The first kappa shape index (κ1) is 19.2. The molecule has 5 heteroatoms. The molecule has 2 aromatic carbocycles. The van der Waals surface area contributed by atoms with Crippen molar-refractivity contribution in [1.29, 1.82) is 0 Å². The monoisotopic (exact) mass is 369 g/mol. The number of esters is 1. The van der Waals surface area contributed by atoms with E-state index >= 15 is 0 Å². The molecule has 2 aromatic rings. The highest BCUT2D eigenvalue weighted by Crippen LogP contribution is 2.40. The third-order valence-electron chi connectivity index (χ3n) is 5.21. The average Bonchev–Trinajstić information content (AvgIpc) is 2.70. The maximum absolute atomic E-state index is 12.1. The lowest BCUT2D eigenvalue weighted by Gasteiger charge is -2.37. The van der Waals surface area contributed by atoms with Crippen LogP contribution < -0.4 is 9.47 Å². The molecule has 0 spiro atoms. The number of carbonyl (C=O) groups is 1. The zero-order valence-corrected chi connectivity index (χ0v) is 16.5. The molecule has 1 heterocycles. The number of rotatable bonds is 6. The molecule has 144 valence electrons. The van der Waals surface area contributed by atoms with Gasteiger partial charge in [0.05, 0.1) is 27.8 Å². The normalized spacial score (nSPS) is 16.5. The van der Waals surface area contributed by atoms with Gasteiger partial charge in [0, 0.05) is 19.1 Å². The zero-order chi connectivity index (χ0) is 19.4. The predicted molar refractivity (Wildman–Crippen MR) is 104 cm³/mol. The molecule has 0 unspecified atom stereocenters. The van der Waals surface area contributed by atoms with Crippen LogP contribution in [0.5, 0.6) is 11.5 Å². The number of aryl methyl sites for hydroxylation is 1. The molecule has 5 nitrogen and oxygen atoms in total. The summed E-state index contributed by atoms with van der Waals surface area (Å²) in [6, 6.07) is 12.5. The van der Waals surface area contributed by atoms with E-state index in [-0.39, 0.29) is 12.0 Å². The van der Waals surface area contributed by atoms with Gasteiger partial charge in [-0.3, -0.25) is 9.69 Å². The van der Waals surface area contributed by atoms with Gasteiger partial charge in [-0.15, -0.1) is 0 Å². The summed E-state index contributed by atoms with van der Waals surface area (Å²) in [7, 11) is 4.71. The fourth-order valence-corrected chi connectivity index (χ4v) is 3.68. The molecule has 0 aliphatic carbocycles. The van der Waals surface area contributed by atoms with Crippen molar-refractivity contribution in [2.24, 2.45) is 0 Å². The van der Waals surface area contributed by atoms with E-state index < -0.39 is 0 Å². The van der Waals surface area contributed by atoms with Crippen molar-refractivity contribution in [2.45, 2.75) is 32.4 Å². The smallest absolute Gasteiger partial charge is 0.307 e. The van der Waals surface area contributed by atoms with Crippen LogP contribution >= 0.6 is 0 Å². The van der Waals surface area contributed by atoms with Gasteiger partial charge in [0.25, 0.3) is 0 Å². The van der Waals surface area contributed by atoms with Crippen LogP contribution in [0.2, 0.25) is 0 Å². The zero-order valence-electron chi connectivity index (χ0n) is 16.5. The lowest BCUT2D eigenvalue weighted by molar-refractivity contribution is -0.142. The molecule has 0 amide bonds. The number of fused-ring (bicyclic) bond motifs is 1. The molecule has 0 saturated carbocycles. The average molecular weight is 369 g/mol. The summed E-state index contributed by atoms with van der Waals surface area (Å²) in [4.78, 5) is 14.4. The summed E-state index contributed by atoms with van der Waals surface area (Å²) in [6.45, 7) is 3.74. The van der Waals surface area contributed by atoms with Gasteiger partial charge in [0.15, 0.2) is 11.5 Å². The van der Waals surface area contributed by atoms with Crippen molar-refractivity contribution >= 4 is 5.97 Å². The van der Waals surface area contributed by atoms with Crippen molar-refractivity contribution in [3.8, 4) is 11.5 Å². The highest BCUT2D eigenvalue weighted by molar-refractivity contribution is 5.70. The van der Waals surface area contributed by atoms with Crippen LogP contribution in [0.25, 0.3) is 0 Å². The van der Waals surface area contributed by atoms with Crippen molar-refractivity contribution in [2.75, 3.05) is 27.9 Å². The third kappa shape index (κ3) is 4.25. The van der Waals surface area contributed by atoms with Crippen molar-refractivity contribution < 1.29 is 19.0 Å². The Morgan fingerprint density at radius 1 is 1.07 bits per heavy atom. The number of nitrogens with zero attached hydrogens (tertiary/aromatic N) is 1. The second kappa shape index (κ2) is 8.44. The summed E-state index contributed by atoms with van der Waals surface area (Å²) >= 11 is 0. The Hall–Kier alpha value is -2.53. The first-order chi connectivity index (χ1) is 13.0. The molecule has 0 aromatic heterocycles. The Labute approximate surface area is 160 Å². The lowest BCUT2D eigenvalue weighted by Crippen LogP contribution is -2.36. The van der Waals surface area contributed by atoms with E-state index in [1.54, 1.807) is 14.2 Å². The number of methoxy groups -OCH3 is 3. The van der Waals surface area contributed by atoms with Crippen LogP contribution in [0.1, 0.15) is 34.7 Å². The maximum atomic E-state index is 12.1. The Bertz CT molecular complexity index is 801. The van der Waals surface area contributed by atoms with E-state index in [1.807, 2.05) is 12.1 Å². The standard InChI is InChI=1S/C22H27NO4/c1-15-5-7-16(8-6-15)14-23-10-9-17-11-20(25-2)21(26-3)12-18(17)19(23)13-22(24)27-4/h5-8,11-12,19H,9-10,13-14H2,1-4H3/t19-/m1/s1. The topological polar surface area (TPSA) is 48.0 Å². The van der Waals surface area contributed by atoms with Crippen LogP contribution in [-0.4, -0.2) is 38.7 Å². The van der Waals surface area contributed by atoms with E-state index in [1.165, 1.54) is 23.8 Å².